The Bertz CT molecular complexity index is 1110. The van der Waals surface area contributed by atoms with Gasteiger partial charge in [0.2, 0.25) is 0 Å². The maximum absolute atomic E-state index is 12.5. The standard InChI is InChI=1S/C26H33N5OS/c1-18-6-7-20(26(32)29-23-8-9-23)13-25(18)22-15-28-31(17-22)24-12-21(14-27-16-24)19(2)30(3)10-4-5-11-33/h6-7,12-17,19,23,33H,4-5,8-11H2,1-3H3,(H,29,32). The topological polar surface area (TPSA) is 63.1 Å². The molecule has 0 bridgehead atoms. The Kier molecular flexibility index (Phi) is 7.50. The smallest absolute Gasteiger partial charge is 0.251 e. The molecule has 1 aliphatic carbocycles. The predicted octanol–water partition coefficient (Wildman–Crippen LogP) is 4.84. The highest BCUT2D eigenvalue weighted by molar-refractivity contribution is 7.80. The lowest BCUT2D eigenvalue weighted by Crippen LogP contribution is -2.25. The molecule has 1 fully saturated rings. The Morgan fingerprint density at radius 1 is 1.24 bits per heavy atom. The quantitative estimate of drug-likeness (QED) is 0.334. The Balaban J connectivity index is 1.53. The van der Waals surface area contributed by atoms with Crippen molar-refractivity contribution in [2.75, 3.05) is 19.3 Å². The van der Waals surface area contributed by atoms with Gasteiger partial charge < -0.3 is 5.32 Å². The third-order valence-corrected chi connectivity index (χ3v) is 6.69. The Morgan fingerprint density at radius 3 is 2.82 bits per heavy atom. The molecule has 174 valence electrons. The van der Waals surface area contributed by atoms with Gasteiger partial charge in [-0.2, -0.15) is 17.7 Å². The van der Waals surface area contributed by atoms with Crippen LogP contribution < -0.4 is 5.32 Å². The van der Waals surface area contributed by atoms with Crippen molar-refractivity contribution in [1.82, 2.24) is 25.0 Å². The molecule has 7 heteroatoms. The summed E-state index contributed by atoms with van der Waals surface area (Å²) in [6.45, 7) is 5.29. The number of carbonyl (C=O) groups is 1. The van der Waals surface area contributed by atoms with Crippen molar-refractivity contribution in [3.63, 3.8) is 0 Å². The number of rotatable bonds is 10. The summed E-state index contributed by atoms with van der Waals surface area (Å²) < 4.78 is 1.86. The third-order valence-electron chi connectivity index (χ3n) is 6.38. The molecular weight excluding hydrogens is 430 g/mol. The molecule has 0 spiro atoms. The van der Waals surface area contributed by atoms with Gasteiger partial charge in [0.25, 0.3) is 5.91 Å². The van der Waals surface area contributed by atoms with Crippen molar-refractivity contribution in [2.24, 2.45) is 0 Å². The van der Waals surface area contributed by atoms with Crippen molar-refractivity contribution in [3.8, 4) is 16.8 Å². The molecule has 2 aromatic heterocycles. The molecule has 1 aliphatic rings. The van der Waals surface area contributed by atoms with Gasteiger partial charge in [0, 0.05) is 35.6 Å². The average Bonchev–Trinajstić information content (AvgIpc) is 3.50. The summed E-state index contributed by atoms with van der Waals surface area (Å²) >= 11 is 4.31. The van der Waals surface area contributed by atoms with Crippen LogP contribution in [0, 0.1) is 6.92 Å². The number of amides is 1. The van der Waals surface area contributed by atoms with E-state index in [1.807, 2.05) is 47.7 Å². The van der Waals surface area contributed by atoms with Gasteiger partial charge >= 0.3 is 0 Å². The fourth-order valence-corrected chi connectivity index (χ4v) is 4.12. The zero-order valence-corrected chi connectivity index (χ0v) is 20.6. The first-order valence-electron chi connectivity index (χ1n) is 11.7. The second-order valence-electron chi connectivity index (χ2n) is 9.01. The van der Waals surface area contributed by atoms with Gasteiger partial charge in [0.1, 0.15) is 0 Å². The van der Waals surface area contributed by atoms with E-state index in [-0.39, 0.29) is 11.9 Å². The Morgan fingerprint density at radius 2 is 2.06 bits per heavy atom. The van der Waals surface area contributed by atoms with Crippen LogP contribution in [0.1, 0.15) is 60.1 Å². The second-order valence-corrected chi connectivity index (χ2v) is 9.46. The van der Waals surface area contributed by atoms with E-state index < -0.39 is 0 Å². The monoisotopic (exact) mass is 463 g/mol. The number of thiol groups is 1. The number of hydrogen-bond donors (Lipinski definition) is 2. The summed E-state index contributed by atoms with van der Waals surface area (Å²) in [4.78, 5) is 19.3. The lowest BCUT2D eigenvalue weighted by atomic mass is 10.00. The van der Waals surface area contributed by atoms with Crippen LogP contribution >= 0.6 is 12.6 Å². The van der Waals surface area contributed by atoms with E-state index in [4.69, 9.17) is 0 Å². The van der Waals surface area contributed by atoms with Crippen LogP contribution in [0.25, 0.3) is 16.8 Å². The number of aromatic nitrogens is 3. The van der Waals surface area contributed by atoms with E-state index in [1.54, 1.807) is 0 Å². The molecule has 33 heavy (non-hydrogen) atoms. The van der Waals surface area contributed by atoms with Crippen LogP contribution in [0.3, 0.4) is 0 Å². The third kappa shape index (κ3) is 5.84. The maximum atomic E-state index is 12.5. The van der Waals surface area contributed by atoms with Gasteiger partial charge in [-0.25, -0.2) is 4.68 Å². The van der Waals surface area contributed by atoms with Crippen LogP contribution in [-0.2, 0) is 0 Å². The summed E-state index contributed by atoms with van der Waals surface area (Å²) in [5.74, 6) is 0.921. The highest BCUT2D eigenvalue weighted by atomic mass is 32.1. The van der Waals surface area contributed by atoms with Gasteiger partial charge in [-0.15, -0.1) is 0 Å². The van der Waals surface area contributed by atoms with E-state index in [2.05, 4.69) is 59.9 Å². The normalized spacial score (nSPS) is 14.5. The molecular formula is C26H33N5OS. The van der Waals surface area contributed by atoms with Crippen molar-refractivity contribution in [3.05, 3.63) is 65.7 Å². The summed E-state index contributed by atoms with van der Waals surface area (Å²) in [6.07, 6.45) is 12.0. The zero-order valence-electron chi connectivity index (χ0n) is 19.7. The van der Waals surface area contributed by atoms with E-state index in [0.717, 1.165) is 65.9 Å². The van der Waals surface area contributed by atoms with E-state index in [9.17, 15) is 4.79 Å². The largest absolute Gasteiger partial charge is 0.349 e. The molecule has 2 heterocycles. The highest BCUT2D eigenvalue weighted by Crippen LogP contribution is 2.27. The summed E-state index contributed by atoms with van der Waals surface area (Å²) in [5.41, 5.74) is 5.89. The molecule has 0 aliphatic heterocycles. The molecule has 1 aromatic carbocycles. The van der Waals surface area contributed by atoms with E-state index in [0.29, 0.717) is 11.6 Å². The van der Waals surface area contributed by atoms with Crippen molar-refractivity contribution in [2.45, 2.75) is 51.6 Å². The molecule has 3 aromatic rings. The van der Waals surface area contributed by atoms with Gasteiger partial charge in [0.15, 0.2) is 0 Å². The van der Waals surface area contributed by atoms with Crippen LogP contribution in [0.4, 0.5) is 0 Å². The number of nitrogens with zero attached hydrogens (tertiary/aromatic N) is 4. The summed E-state index contributed by atoms with van der Waals surface area (Å²) in [5, 5.41) is 7.66. The van der Waals surface area contributed by atoms with Gasteiger partial charge in [-0.3, -0.25) is 14.7 Å². The predicted molar refractivity (Wildman–Crippen MR) is 136 cm³/mol. The molecule has 4 rings (SSSR count). The van der Waals surface area contributed by atoms with Crippen molar-refractivity contribution >= 4 is 18.5 Å². The lowest BCUT2D eigenvalue weighted by Gasteiger charge is -2.25. The first-order valence-corrected chi connectivity index (χ1v) is 12.3. The first kappa shape index (κ1) is 23.5. The number of nitrogens with one attached hydrogen (secondary N) is 1. The Labute approximate surface area is 201 Å². The summed E-state index contributed by atoms with van der Waals surface area (Å²) in [6, 6.07) is 8.61. The van der Waals surface area contributed by atoms with Gasteiger partial charge in [0.05, 0.1) is 18.1 Å². The number of carbonyl (C=O) groups excluding carboxylic acids is 1. The molecule has 1 amide bonds. The number of hydrogen-bond acceptors (Lipinski definition) is 5. The fraction of sp³-hybridized carbons (Fsp3) is 0.423. The number of benzene rings is 1. The van der Waals surface area contributed by atoms with Gasteiger partial charge in [-0.1, -0.05) is 6.07 Å². The molecule has 6 nitrogen and oxygen atoms in total. The summed E-state index contributed by atoms with van der Waals surface area (Å²) in [7, 11) is 2.15. The SMILES string of the molecule is Cc1ccc(C(=O)NC2CC2)cc1-c1cnn(-c2cncc(C(C)N(C)CCCCS)c2)c1. The van der Waals surface area contributed by atoms with Crippen LogP contribution in [0.2, 0.25) is 0 Å². The molecule has 1 N–H and O–H groups in total. The Hall–Kier alpha value is -2.64. The minimum Gasteiger partial charge on any atom is -0.349 e. The second kappa shape index (κ2) is 10.5. The maximum Gasteiger partial charge on any atom is 0.251 e. The molecule has 1 unspecified atom stereocenters. The van der Waals surface area contributed by atoms with E-state index >= 15 is 0 Å². The van der Waals surface area contributed by atoms with Crippen LogP contribution in [-0.4, -0.2) is 51.0 Å². The molecule has 1 saturated carbocycles. The minimum atomic E-state index is -0.00415. The first-order chi connectivity index (χ1) is 16.0. The van der Waals surface area contributed by atoms with E-state index in [1.165, 1.54) is 0 Å². The zero-order chi connectivity index (χ0) is 23.4. The number of aryl methyl sites for hydroxylation is 1. The van der Waals surface area contributed by atoms with Gasteiger partial charge in [-0.05, 0) is 93.8 Å². The van der Waals surface area contributed by atoms with Crippen LogP contribution in [0.5, 0.6) is 0 Å². The highest BCUT2D eigenvalue weighted by Gasteiger charge is 2.24. The molecule has 0 radical (unpaired) electrons. The van der Waals surface area contributed by atoms with Crippen molar-refractivity contribution < 1.29 is 4.79 Å². The lowest BCUT2D eigenvalue weighted by molar-refractivity contribution is 0.0951. The fourth-order valence-electron chi connectivity index (χ4n) is 3.89. The molecule has 0 saturated heterocycles. The minimum absolute atomic E-state index is 0.00415. The average molecular weight is 464 g/mol. The molecule has 1 atom stereocenters. The van der Waals surface area contributed by atoms with Crippen LogP contribution in [0.15, 0.2) is 49.1 Å². The number of pyridine rings is 1. The number of unbranched alkanes of at least 4 members (excludes halogenated alkanes) is 1. The van der Waals surface area contributed by atoms with Crippen molar-refractivity contribution in [1.29, 1.82) is 0 Å².